The van der Waals surface area contributed by atoms with Gasteiger partial charge in [-0.2, -0.15) is 5.10 Å². The van der Waals surface area contributed by atoms with Crippen LogP contribution in [-0.2, 0) is 11.3 Å². The predicted octanol–water partition coefficient (Wildman–Crippen LogP) is 2.98. The summed E-state index contributed by atoms with van der Waals surface area (Å²) in [5.74, 6) is 0.539. The Bertz CT molecular complexity index is 812. The number of rotatable bonds is 4. The summed E-state index contributed by atoms with van der Waals surface area (Å²) in [4.78, 5) is 12.1. The van der Waals surface area contributed by atoms with Crippen molar-refractivity contribution in [3.05, 3.63) is 41.4 Å². The van der Waals surface area contributed by atoms with Crippen LogP contribution in [0.2, 0.25) is 0 Å². The van der Waals surface area contributed by atoms with E-state index in [4.69, 9.17) is 4.52 Å². The van der Waals surface area contributed by atoms with E-state index in [1.807, 2.05) is 23.0 Å². The summed E-state index contributed by atoms with van der Waals surface area (Å²) < 4.78 is 6.89. The van der Waals surface area contributed by atoms with E-state index in [2.05, 4.69) is 28.6 Å². The zero-order valence-electron chi connectivity index (χ0n) is 12.9. The third kappa shape index (κ3) is 2.59. The number of carbonyl (C=O) groups excluding carboxylic acids is 1. The van der Waals surface area contributed by atoms with Crippen LogP contribution in [0.25, 0.3) is 10.9 Å². The first kappa shape index (κ1) is 14.3. The normalized spacial score (nSPS) is 11.0. The molecule has 0 saturated carbocycles. The Morgan fingerprint density at radius 3 is 2.86 bits per heavy atom. The third-order valence-electron chi connectivity index (χ3n) is 3.75. The summed E-state index contributed by atoms with van der Waals surface area (Å²) in [6.07, 6.45) is 2.19. The molecule has 3 aromatic rings. The van der Waals surface area contributed by atoms with E-state index in [-0.39, 0.29) is 5.91 Å². The van der Waals surface area contributed by atoms with Gasteiger partial charge in [-0.15, -0.1) is 0 Å². The van der Waals surface area contributed by atoms with Gasteiger partial charge in [0.1, 0.15) is 11.4 Å². The molecular weight excluding hydrogens is 280 g/mol. The Labute approximate surface area is 128 Å². The molecule has 6 heteroatoms. The second kappa shape index (κ2) is 5.63. The fraction of sp³-hybridized carbons (Fsp3) is 0.312. The van der Waals surface area contributed by atoms with E-state index in [1.165, 1.54) is 5.56 Å². The van der Waals surface area contributed by atoms with Crippen molar-refractivity contribution in [1.29, 1.82) is 0 Å². The van der Waals surface area contributed by atoms with Crippen LogP contribution in [0.4, 0.5) is 5.69 Å². The number of nitrogens with zero attached hydrogens (tertiary/aromatic N) is 3. The monoisotopic (exact) mass is 298 g/mol. The molecule has 0 radical (unpaired) electrons. The molecule has 1 amide bonds. The van der Waals surface area contributed by atoms with E-state index < -0.39 is 0 Å². The summed E-state index contributed by atoms with van der Waals surface area (Å²) in [7, 11) is 0. The number of hydrogen-bond acceptors (Lipinski definition) is 4. The molecule has 22 heavy (non-hydrogen) atoms. The van der Waals surface area contributed by atoms with Gasteiger partial charge in [0, 0.05) is 11.8 Å². The van der Waals surface area contributed by atoms with Crippen molar-refractivity contribution < 1.29 is 9.32 Å². The molecule has 2 heterocycles. The van der Waals surface area contributed by atoms with Crippen LogP contribution in [0.3, 0.4) is 0 Å². The molecule has 6 nitrogen and oxygen atoms in total. The first-order chi connectivity index (χ1) is 10.6. The van der Waals surface area contributed by atoms with Crippen LogP contribution in [0, 0.1) is 20.8 Å². The SMILES string of the molecule is Cc1noc(C)c1NC(=O)CCn1ncc2c(C)cccc21. The van der Waals surface area contributed by atoms with Gasteiger partial charge >= 0.3 is 0 Å². The number of anilines is 1. The highest BCUT2D eigenvalue weighted by Gasteiger charge is 2.13. The van der Waals surface area contributed by atoms with Crippen LogP contribution in [0.15, 0.2) is 28.9 Å². The second-order valence-electron chi connectivity index (χ2n) is 5.37. The fourth-order valence-corrected chi connectivity index (χ4v) is 2.50. The van der Waals surface area contributed by atoms with Crippen molar-refractivity contribution in [3.8, 4) is 0 Å². The Hall–Kier alpha value is -2.63. The molecule has 0 aliphatic rings. The fourth-order valence-electron chi connectivity index (χ4n) is 2.50. The number of aryl methyl sites for hydroxylation is 4. The van der Waals surface area contributed by atoms with Crippen molar-refractivity contribution in [2.45, 2.75) is 33.7 Å². The maximum absolute atomic E-state index is 12.1. The Morgan fingerprint density at radius 1 is 1.32 bits per heavy atom. The van der Waals surface area contributed by atoms with Crippen LogP contribution < -0.4 is 5.32 Å². The van der Waals surface area contributed by atoms with E-state index in [0.717, 1.165) is 10.9 Å². The van der Waals surface area contributed by atoms with Crippen molar-refractivity contribution in [1.82, 2.24) is 14.9 Å². The molecule has 0 unspecified atom stereocenters. The lowest BCUT2D eigenvalue weighted by atomic mass is 10.1. The maximum Gasteiger partial charge on any atom is 0.226 e. The van der Waals surface area contributed by atoms with Crippen molar-refractivity contribution in [2.24, 2.45) is 0 Å². The summed E-state index contributed by atoms with van der Waals surface area (Å²) >= 11 is 0. The Morgan fingerprint density at radius 2 is 2.14 bits per heavy atom. The van der Waals surface area contributed by atoms with Crippen LogP contribution in [-0.4, -0.2) is 20.8 Å². The maximum atomic E-state index is 12.1. The van der Waals surface area contributed by atoms with E-state index >= 15 is 0 Å². The average Bonchev–Trinajstić information content (AvgIpc) is 3.04. The molecule has 3 rings (SSSR count). The minimum atomic E-state index is -0.0781. The van der Waals surface area contributed by atoms with Gasteiger partial charge in [0.2, 0.25) is 5.91 Å². The topological polar surface area (TPSA) is 73.0 Å². The van der Waals surface area contributed by atoms with Crippen LogP contribution in [0.5, 0.6) is 0 Å². The first-order valence-electron chi connectivity index (χ1n) is 7.20. The summed E-state index contributed by atoms with van der Waals surface area (Å²) in [6, 6.07) is 6.07. The van der Waals surface area contributed by atoms with Gasteiger partial charge in [-0.25, -0.2) is 0 Å². The predicted molar refractivity (Wildman–Crippen MR) is 83.7 cm³/mol. The molecule has 0 bridgehead atoms. The highest BCUT2D eigenvalue weighted by molar-refractivity contribution is 5.91. The van der Waals surface area contributed by atoms with E-state index in [9.17, 15) is 4.79 Å². The average molecular weight is 298 g/mol. The number of hydrogen-bond donors (Lipinski definition) is 1. The van der Waals surface area contributed by atoms with Gasteiger partial charge in [-0.1, -0.05) is 17.3 Å². The summed E-state index contributed by atoms with van der Waals surface area (Å²) in [6.45, 7) is 6.16. The van der Waals surface area contributed by atoms with E-state index in [0.29, 0.717) is 30.1 Å². The van der Waals surface area contributed by atoms with Gasteiger partial charge in [0.25, 0.3) is 0 Å². The molecule has 0 aliphatic carbocycles. The standard InChI is InChI=1S/C16H18N4O2/c1-10-5-4-6-14-13(10)9-17-20(14)8-7-15(21)18-16-11(2)19-22-12(16)3/h4-6,9H,7-8H2,1-3H3,(H,18,21). The minimum absolute atomic E-state index is 0.0781. The van der Waals surface area contributed by atoms with Crippen molar-refractivity contribution in [2.75, 3.05) is 5.32 Å². The van der Waals surface area contributed by atoms with E-state index in [1.54, 1.807) is 13.8 Å². The van der Waals surface area contributed by atoms with Crippen LogP contribution >= 0.6 is 0 Å². The third-order valence-corrected chi connectivity index (χ3v) is 3.75. The highest BCUT2D eigenvalue weighted by atomic mass is 16.5. The number of fused-ring (bicyclic) bond motifs is 1. The number of benzene rings is 1. The molecule has 0 atom stereocenters. The van der Waals surface area contributed by atoms with Gasteiger partial charge < -0.3 is 9.84 Å². The number of aromatic nitrogens is 3. The minimum Gasteiger partial charge on any atom is -0.359 e. The quantitative estimate of drug-likeness (QED) is 0.803. The molecule has 114 valence electrons. The Kier molecular flexibility index (Phi) is 3.66. The largest absolute Gasteiger partial charge is 0.359 e. The number of amides is 1. The zero-order valence-corrected chi connectivity index (χ0v) is 12.9. The molecular formula is C16H18N4O2. The second-order valence-corrected chi connectivity index (χ2v) is 5.37. The molecule has 0 saturated heterocycles. The highest BCUT2D eigenvalue weighted by Crippen LogP contribution is 2.20. The lowest BCUT2D eigenvalue weighted by Crippen LogP contribution is -2.15. The lowest BCUT2D eigenvalue weighted by Gasteiger charge is -2.06. The van der Waals surface area contributed by atoms with Gasteiger partial charge in [-0.3, -0.25) is 9.48 Å². The zero-order chi connectivity index (χ0) is 15.7. The lowest BCUT2D eigenvalue weighted by molar-refractivity contribution is -0.116. The smallest absolute Gasteiger partial charge is 0.226 e. The molecule has 1 N–H and O–H groups in total. The molecule has 1 aromatic carbocycles. The summed E-state index contributed by atoms with van der Waals surface area (Å²) in [5.41, 5.74) is 3.58. The first-order valence-corrected chi connectivity index (χ1v) is 7.20. The van der Waals surface area contributed by atoms with Gasteiger partial charge in [0.15, 0.2) is 5.76 Å². The molecule has 0 spiro atoms. The van der Waals surface area contributed by atoms with Crippen molar-refractivity contribution >= 4 is 22.5 Å². The number of nitrogens with one attached hydrogen (secondary N) is 1. The Balaban J connectivity index is 1.69. The van der Waals surface area contributed by atoms with Crippen molar-refractivity contribution in [3.63, 3.8) is 0 Å². The van der Waals surface area contributed by atoms with Crippen LogP contribution in [0.1, 0.15) is 23.4 Å². The molecule has 0 aliphatic heterocycles. The summed E-state index contributed by atoms with van der Waals surface area (Å²) in [5, 5.41) is 12.2. The number of carbonyl (C=O) groups is 1. The molecule has 0 fully saturated rings. The molecule has 2 aromatic heterocycles. The van der Waals surface area contributed by atoms with Gasteiger partial charge in [-0.05, 0) is 32.4 Å². The van der Waals surface area contributed by atoms with Gasteiger partial charge in [0.05, 0.1) is 18.3 Å².